The number of benzene rings is 1. The van der Waals surface area contributed by atoms with Gasteiger partial charge in [-0.15, -0.1) is 11.3 Å². The first-order valence-electron chi connectivity index (χ1n) is 5.44. The number of hydrogen-bond donors (Lipinski definition) is 1. The lowest BCUT2D eigenvalue weighted by atomic mass is 10.1. The summed E-state index contributed by atoms with van der Waals surface area (Å²) >= 11 is 1.57. The monoisotopic (exact) mass is 263 g/mol. The number of aromatic nitrogens is 1. The van der Waals surface area contributed by atoms with Crippen molar-refractivity contribution < 1.29 is 14.6 Å². The highest BCUT2D eigenvalue weighted by Gasteiger charge is 2.08. The molecule has 94 valence electrons. The fourth-order valence-corrected chi connectivity index (χ4v) is 2.22. The minimum absolute atomic E-state index is 0.232. The summed E-state index contributed by atoms with van der Waals surface area (Å²) in [5.41, 5.74) is 1.15. The number of nitrogens with zero attached hydrogens (tertiary/aromatic N) is 1. The van der Waals surface area contributed by atoms with Crippen molar-refractivity contribution in [2.75, 3.05) is 0 Å². The molecule has 1 heterocycles. The Morgan fingerprint density at radius 3 is 2.83 bits per heavy atom. The summed E-state index contributed by atoms with van der Waals surface area (Å²) in [6.45, 7) is 4.23. The van der Waals surface area contributed by atoms with Gasteiger partial charge in [0.1, 0.15) is 12.4 Å². The second-order valence-corrected chi connectivity index (χ2v) is 5.24. The molecule has 0 saturated heterocycles. The summed E-state index contributed by atoms with van der Waals surface area (Å²) in [4.78, 5) is 16.0. The van der Waals surface area contributed by atoms with Gasteiger partial charge in [-0.3, -0.25) is 0 Å². The third-order valence-corrected chi connectivity index (χ3v) is 3.36. The van der Waals surface area contributed by atoms with Crippen LogP contribution < -0.4 is 4.74 Å². The number of thiazole rings is 1. The van der Waals surface area contributed by atoms with Gasteiger partial charge in [-0.1, -0.05) is 6.07 Å². The third kappa shape index (κ3) is 2.87. The van der Waals surface area contributed by atoms with Crippen LogP contribution in [0, 0.1) is 13.8 Å². The molecule has 1 N–H and O–H groups in total. The maximum atomic E-state index is 10.9. The van der Waals surface area contributed by atoms with E-state index in [0.29, 0.717) is 12.4 Å². The van der Waals surface area contributed by atoms with Crippen molar-refractivity contribution >= 4 is 17.3 Å². The van der Waals surface area contributed by atoms with Crippen molar-refractivity contribution in [3.63, 3.8) is 0 Å². The highest BCUT2D eigenvalue weighted by atomic mass is 32.1. The molecule has 2 rings (SSSR count). The number of rotatable bonds is 4. The molecule has 0 fully saturated rings. The zero-order chi connectivity index (χ0) is 13.1. The zero-order valence-corrected chi connectivity index (χ0v) is 11.0. The van der Waals surface area contributed by atoms with Crippen LogP contribution >= 0.6 is 11.3 Å². The summed E-state index contributed by atoms with van der Waals surface area (Å²) in [5.74, 6) is -0.352. The number of ether oxygens (including phenoxy) is 1. The van der Waals surface area contributed by atoms with E-state index >= 15 is 0 Å². The van der Waals surface area contributed by atoms with E-state index in [1.165, 1.54) is 0 Å². The van der Waals surface area contributed by atoms with Crippen LogP contribution in [-0.4, -0.2) is 16.1 Å². The maximum Gasteiger partial charge on any atom is 0.335 e. The largest absolute Gasteiger partial charge is 0.488 e. The molecule has 1 aromatic carbocycles. The van der Waals surface area contributed by atoms with Crippen LogP contribution in [0.2, 0.25) is 0 Å². The van der Waals surface area contributed by atoms with Gasteiger partial charge in [-0.2, -0.15) is 0 Å². The van der Waals surface area contributed by atoms with Gasteiger partial charge in [-0.25, -0.2) is 9.78 Å². The molecule has 0 amide bonds. The topological polar surface area (TPSA) is 59.4 Å². The average Bonchev–Trinajstić information content (AvgIpc) is 2.74. The second kappa shape index (κ2) is 5.18. The van der Waals surface area contributed by atoms with Crippen LogP contribution in [0.3, 0.4) is 0 Å². The molecule has 2 aromatic rings. The Morgan fingerprint density at radius 2 is 2.22 bits per heavy atom. The summed E-state index contributed by atoms with van der Waals surface area (Å²) in [6.07, 6.45) is 1.77. The smallest absolute Gasteiger partial charge is 0.335 e. The van der Waals surface area contributed by atoms with E-state index in [2.05, 4.69) is 4.98 Å². The van der Waals surface area contributed by atoms with E-state index in [-0.39, 0.29) is 5.56 Å². The van der Waals surface area contributed by atoms with Gasteiger partial charge in [0.2, 0.25) is 0 Å². The van der Waals surface area contributed by atoms with Crippen molar-refractivity contribution in [3.8, 4) is 5.75 Å². The van der Waals surface area contributed by atoms with Crippen molar-refractivity contribution in [2.24, 2.45) is 0 Å². The van der Waals surface area contributed by atoms with E-state index in [1.54, 1.807) is 35.7 Å². The van der Waals surface area contributed by atoms with Crippen molar-refractivity contribution in [3.05, 3.63) is 45.4 Å². The highest BCUT2D eigenvalue weighted by Crippen LogP contribution is 2.22. The number of hydrogen-bond acceptors (Lipinski definition) is 4. The molecule has 1 aromatic heterocycles. The van der Waals surface area contributed by atoms with Gasteiger partial charge in [0.15, 0.2) is 0 Å². The Kier molecular flexibility index (Phi) is 3.62. The fourth-order valence-electron chi connectivity index (χ4n) is 1.51. The standard InChI is InChI=1S/C13H13NO3S/c1-8-3-4-10(13(15)16)5-12(8)17-7-11-6-14-9(2)18-11/h3-6H,7H2,1-2H3,(H,15,16). The predicted octanol–water partition coefficient (Wildman–Crippen LogP) is 3.04. The van der Waals surface area contributed by atoms with Crippen LogP contribution in [0.1, 0.15) is 25.8 Å². The second-order valence-electron chi connectivity index (χ2n) is 3.92. The van der Waals surface area contributed by atoms with Gasteiger partial charge < -0.3 is 9.84 Å². The molecule has 5 heteroatoms. The van der Waals surface area contributed by atoms with Crippen molar-refractivity contribution in [1.29, 1.82) is 0 Å². The van der Waals surface area contributed by atoms with Crippen molar-refractivity contribution in [1.82, 2.24) is 4.98 Å². The minimum Gasteiger partial charge on any atom is -0.488 e. The summed E-state index contributed by atoms with van der Waals surface area (Å²) < 4.78 is 5.63. The quantitative estimate of drug-likeness (QED) is 0.921. The van der Waals surface area contributed by atoms with Crippen LogP contribution in [0.4, 0.5) is 0 Å². The van der Waals surface area contributed by atoms with Gasteiger partial charge in [-0.05, 0) is 31.5 Å². The molecule has 0 aliphatic rings. The Morgan fingerprint density at radius 1 is 1.44 bits per heavy atom. The zero-order valence-electron chi connectivity index (χ0n) is 10.1. The van der Waals surface area contributed by atoms with E-state index in [9.17, 15) is 4.79 Å². The molecule has 0 radical (unpaired) electrons. The number of carboxylic acids is 1. The lowest BCUT2D eigenvalue weighted by Crippen LogP contribution is -2.00. The van der Waals surface area contributed by atoms with Crippen LogP contribution in [0.25, 0.3) is 0 Å². The number of aromatic carboxylic acids is 1. The van der Waals surface area contributed by atoms with E-state index in [1.807, 2.05) is 13.8 Å². The first-order chi connectivity index (χ1) is 8.56. The summed E-state index contributed by atoms with van der Waals surface area (Å²) in [6, 6.07) is 4.86. The van der Waals surface area contributed by atoms with Crippen molar-refractivity contribution in [2.45, 2.75) is 20.5 Å². The molecule has 0 saturated carbocycles. The first kappa shape index (κ1) is 12.6. The number of carboxylic acid groups (broad SMARTS) is 1. The van der Waals surface area contributed by atoms with Crippen LogP contribution in [-0.2, 0) is 6.61 Å². The molecule has 0 aliphatic heterocycles. The molecule has 0 spiro atoms. The molecule has 0 atom stereocenters. The maximum absolute atomic E-state index is 10.9. The van der Waals surface area contributed by atoms with E-state index in [4.69, 9.17) is 9.84 Å². The van der Waals surface area contributed by atoms with Gasteiger partial charge in [0.25, 0.3) is 0 Å². The van der Waals surface area contributed by atoms with Gasteiger partial charge >= 0.3 is 5.97 Å². The first-order valence-corrected chi connectivity index (χ1v) is 6.26. The molecule has 4 nitrogen and oxygen atoms in total. The fraction of sp³-hybridized carbons (Fsp3) is 0.231. The molecule has 0 bridgehead atoms. The third-order valence-electron chi connectivity index (χ3n) is 2.47. The SMILES string of the molecule is Cc1ncc(COc2cc(C(=O)O)ccc2C)s1. The molecule has 0 aliphatic carbocycles. The highest BCUT2D eigenvalue weighted by molar-refractivity contribution is 7.11. The minimum atomic E-state index is -0.950. The Labute approximate surface area is 109 Å². The average molecular weight is 263 g/mol. The van der Waals surface area contributed by atoms with Gasteiger partial charge in [0, 0.05) is 6.20 Å². The van der Waals surface area contributed by atoms with Crippen LogP contribution in [0.5, 0.6) is 5.75 Å². The molecular weight excluding hydrogens is 250 g/mol. The normalized spacial score (nSPS) is 10.3. The predicted molar refractivity (Wildman–Crippen MR) is 69.3 cm³/mol. The summed E-state index contributed by atoms with van der Waals surface area (Å²) in [7, 11) is 0. The van der Waals surface area contributed by atoms with Crippen LogP contribution in [0.15, 0.2) is 24.4 Å². The Hall–Kier alpha value is -1.88. The molecule has 0 unspecified atom stereocenters. The Bertz CT molecular complexity index is 577. The van der Waals surface area contributed by atoms with E-state index in [0.717, 1.165) is 15.4 Å². The molecule has 18 heavy (non-hydrogen) atoms. The molecular formula is C13H13NO3S. The lowest BCUT2D eigenvalue weighted by molar-refractivity contribution is 0.0696. The van der Waals surface area contributed by atoms with E-state index < -0.39 is 5.97 Å². The Balaban J connectivity index is 2.13. The number of aryl methyl sites for hydroxylation is 2. The number of carbonyl (C=O) groups is 1. The summed E-state index contributed by atoms with van der Waals surface area (Å²) in [5, 5.41) is 9.92. The van der Waals surface area contributed by atoms with Gasteiger partial charge in [0.05, 0.1) is 15.4 Å². The lowest BCUT2D eigenvalue weighted by Gasteiger charge is -2.08.